The zero-order chi connectivity index (χ0) is 20.2. The molecule has 4 amide bonds. The number of morpholine rings is 1. The number of benzene rings is 1. The fourth-order valence-corrected chi connectivity index (χ4v) is 4.42. The van der Waals surface area contributed by atoms with E-state index in [9.17, 15) is 24.5 Å². The van der Waals surface area contributed by atoms with Crippen molar-refractivity contribution in [2.24, 2.45) is 5.41 Å². The van der Waals surface area contributed by atoms with E-state index in [0.29, 0.717) is 18.7 Å². The van der Waals surface area contributed by atoms with Crippen LogP contribution in [0.5, 0.6) is 0 Å². The molecule has 3 heterocycles. The van der Waals surface area contributed by atoms with Crippen molar-refractivity contribution < 1.29 is 24.0 Å². The van der Waals surface area contributed by atoms with E-state index in [4.69, 9.17) is 4.74 Å². The average molecular weight is 388 g/mol. The lowest BCUT2D eigenvalue weighted by atomic mass is 9.68. The number of hydrogen-bond acceptors (Lipinski definition) is 7. The van der Waals surface area contributed by atoms with Crippen molar-refractivity contribution in [1.29, 1.82) is 0 Å². The number of imide groups is 2. The number of urea groups is 1. The highest BCUT2D eigenvalue weighted by molar-refractivity contribution is 6.20. The highest BCUT2D eigenvalue weighted by Gasteiger charge is 2.63. The molecule has 0 aliphatic carbocycles. The van der Waals surface area contributed by atoms with Gasteiger partial charge in [0.25, 0.3) is 5.69 Å². The number of nitro groups is 1. The molecule has 28 heavy (non-hydrogen) atoms. The second kappa shape index (κ2) is 6.26. The van der Waals surface area contributed by atoms with Gasteiger partial charge in [-0.3, -0.25) is 29.9 Å². The summed E-state index contributed by atoms with van der Waals surface area (Å²) in [7, 11) is 0. The maximum Gasteiger partial charge on any atom is 0.331 e. The number of amides is 4. The number of nitro benzene ring substituents is 1. The molecule has 0 saturated carbocycles. The van der Waals surface area contributed by atoms with Crippen molar-refractivity contribution in [3.63, 3.8) is 0 Å². The van der Waals surface area contributed by atoms with Crippen LogP contribution in [0, 0.1) is 15.5 Å². The van der Waals surface area contributed by atoms with E-state index in [1.165, 1.54) is 12.1 Å². The Bertz CT molecular complexity index is 900. The van der Waals surface area contributed by atoms with Gasteiger partial charge in [0.15, 0.2) is 5.41 Å². The van der Waals surface area contributed by atoms with Gasteiger partial charge >= 0.3 is 6.03 Å². The number of ether oxygens (including phenoxy) is 1. The summed E-state index contributed by atoms with van der Waals surface area (Å²) in [5.74, 6) is -1.27. The fraction of sp³-hybridized carbons (Fsp3) is 0.500. The summed E-state index contributed by atoms with van der Waals surface area (Å²) in [6.45, 7) is 4.38. The van der Waals surface area contributed by atoms with E-state index in [0.717, 1.165) is 10.6 Å². The van der Waals surface area contributed by atoms with Crippen molar-refractivity contribution in [3.05, 3.63) is 33.9 Å². The third-order valence-electron chi connectivity index (χ3n) is 5.71. The number of nitrogens with zero attached hydrogens (tertiary/aromatic N) is 3. The lowest BCUT2D eigenvalue weighted by Gasteiger charge is -2.53. The van der Waals surface area contributed by atoms with Gasteiger partial charge in [0.2, 0.25) is 11.8 Å². The third kappa shape index (κ3) is 2.40. The first kappa shape index (κ1) is 18.4. The van der Waals surface area contributed by atoms with Crippen LogP contribution in [0.25, 0.3) is 0 Å². The Labute approximate surface area is 160 Å². The van der Waals surface area contributed by atoms with Gasteiger partial charge < -0.3 is 9.64 Å². The second-order valence-electron chi connectivity index (χ2n) is 7.53. The third-order valence-corrected chi connectivity index (χ3v) is 5.71. The number of anilines is 1. The zero-order valence-corrected chi connectivity index (χ0v) is 15.5. The molecule has 1 aromatic carbocycles. The molecule has 148 valence electrons. The molecular weight excluding hydrogens is 368 g/mol. The molecule has 2 saturated heterocycles. The molecule has 0 unspecified atom stereocenters. The number of barbiturate groups is 1. The van der Waals surface area contributed by atoms with Crippen LogP contribution in [0.2, 0.25) is 0 Å². The summed E-state index contributed by atoms with van der Waals surface area (Å²) in [5.41, 5.74) is -0.408. The number of hydrogen-bond donors (Lipinski definition) is 1. The van der Waals surface area contributed by atoms with Crippen LogP contribution in [0.15, 0.2) is 18.2 Å². The molecule has 1 aromatic rings. The molecule has 0 bridgehead atoms. The maximum atomic E-state index is 13.5. The Morgan fingerprint density at radius 3 is 2.75 bits per heavy atom. The molecule has 1 spiro atoms. The molecular formula is C18H20N4O6. The Kier molecular flexibility index (Phi) is 4.11. The lowest BCUT2D eigenvalue weighted by molar-refractivity contribution is -0.384. The van der Waals surface area contributed by atoms with Crippen molar-refractivity contribution in [2.45, 2.75) is 32.4 Å². The molecule has 10 heteroatoms. The highest BCUT2D eigenvalue weighted by Crippen LogP contribution is 2.46. The Morgan fingerprint density at radius 1 is 1.32 bits per heavy atom. The van der Waals surface area contributed by atoms with Gasteiger partial charge in [-0.1, -0.05) is 0 Å². The molecule has 0 aromatic heterocycles. The lowest BCUT2D eigenvalue weighted by Crippen LogP contribution is -2.74. The number of fused-ring (bicyclic) bond motifs is 4. The van der Waals surface area contributed by atoms with Crippen LogP contribution >= 0.6 is 0 Å². The minimum absolute atomic E-state index is 0.0320. The molecule has 4 rings (SSSR count). The van der Waals surface area contributed by atoms with E-state index < -0.39 is 40.3 Å². The van der Waals surface area contributed by atoms with Crippen LogP contribution in [-0.4, -0.2) is 59.5 Å². The predicted octanol–water partition coefficient (Wildman–Crippen LogP) is 0.829. The monoisotopic (exact) mass is 388 g/mol. The van der Waals surface area contributed by atoms with E-state index in [1.54, 1.807) is 19.9 Å². The Morgan fingerprint density at radius 2 is 2.07 bits per heavy atom. The molecule has 3 aliphatic heterocycles. The first-order chi connectivity index (χ1) is 13.3. The smallest absolute Gasteiger partial charge is 0.331 e. The SMILES string of the molecule is CC(C)N1C(=O)NC(=O)[C@]2(Cc3cc([N+](=O)[O-])ccc3N3CCOC[C@H]32)C1=O. The number of carbonyl (C=O) groups is 3. The quantitative estimate of drug-likeness (QED) is 0.452. The minimum Gasteiger partial charge on any atom is -0.377 e. The van der Waals surface area contributed by atoms with Gasteiger partial charge in [-0.2, -0.15) is 0 Å². The molecule has 3 aliphatic rings. The first-order valence-corrected chi connectivity index (χ1v) is 9.08. The van der Waals surface area contributed by atoms with Crippen LogP contribution in [0.4, 0.5) is 16.2 Å². The van der Waals surface area contributed by atoms with Crippen LogP contribution in [0.3, 0.4) is 0 Å². The topological polar surface area (TPSA) is 122 Å². The van der Waals surface area contributed by atoms with Gasteiger partial charge in [0.05, 0.1) is 24.2 Å². The van der Waals surface area contributed by atoms with Crippen molar-refractivity contribution >= 4 is 29.2 Å². The van der Waals surface area contributed by atoms with Crippen molar-refractivity contribution in [1.82, 2.24) is 10.2 Å². The highest BCUT2D eigenvalue weighted by atomic mass is 16.6. The molecule has 2 fully saturated rings. The van der Waals surface area contributed by atoms with Crippen molar-refractivity contribution in [3.8, 4) is 0 Å². The Hall–Kier alpha value is -3.01. The van der Waals surface area contributed by atoms with Crippen molar-refractivity contribution in [2.75, 3.05) is 24.7 Å². The van der Waals surface area contributed by atoms with Crippen LogP contribution in [-0.2, 0) is 20.7 Å². The minimum atomic E-state index is -1.58. The summed E-state index contributed by atoms with van der Waals surface area (Å²) in [5, 5.41) is 13.5. The van der Waals surface area contributed by atoms with Gasteiger partial charge in [0.1, 0.15) is 0 Å². The van der Waals surface area contributed by atoms with E-state index in [2.05, 4.69) is 5.32 Å². The largest absolute Gasteiger partial charge is 0.377 e. The maximum absolute atomic E-state index is 13.5. The summed E-state index contributed by atoms with van der Waals surface area (Å²) in [6.07, 6.45) is -0.0320. The summed E-state index contributed by atoms with van der Waals surface area (Å²) < 4.78 is 5.58. The van der Waals surface area contributed by atoms with Gasteiger partial charge in [-0.15, -0.1) is 0 Å². The van der Waals surface area contributed by atoms with Crippen LogP contribution < -0.4 is 10.2 Å². The average Bonchev–Trinajstić information content (AvgIpc) is 2.65. The molecule has 1 N–H and O–H groups in total. The van der Waals surface area contributed by atoms with Gasteiger partial charge in [-0.25, -0.2) is 4.79 Å². The number of rotatable bonds is 2. The van der Waals surface area contributed by atoms with E-state index >= 15 is 0 Å². The van der Waals surface area contributed by atoms with Crippen LogP contribution in [0.1, 0.15) is 19.4 Å². The Balaban J connectivity index is 1.89. The number of carbonyl (C=O) groups excluding carboxylic acids is 3. The predicted molar refractivity (Wildman–Crippen MR) is 96.7 cm³/mol. The first-order valence-electron chi connectivity index (χ1n) is 9.08. The number of nitrogens with one attached hydrogen (secondary N) is 1. The normalized spacial score (nSPS) is 27.0. The zero-order valence-electron chi connectivity index (χ0n) is 15.5. The molecule has 0 radical (unpaired) electrons. The summed E-state index contributed by atoms with van der Waals surface area (Å²) >= 11 is 0. The molecule has 2 atom stereocenters. The van der Waals surface area contributed by atoms with Gasteiger partial charge in [0, 0.05) is 36.8 Å². The molecule has 10 nitrogen and oxygen atoms in total. The summed E-state index contributed by atoms with van der Waals surface area (Å²) in [6, 6.07) is 2.67. The summed E-state index contributed by atoms with van der Waals surface area (Å²) in [4.78, 5) is 52.5. The standard InChI is InChI=1S/C18H20N4O6/c1-10(2)21-16(24)18(15(23)19-17(21)25)8-11-7-12(22(26)27)3-4-13(11)20-5-6-28-9-14(18)20/h3-4,7,10,14H,5-6,8-9H2,1-2H3,(H,19,23,25)/t14-,18+/m0/s1. The van der Waals surface area contributed by atoms with E-state index in [1.807, 2.05) is 4.90 Å². The van der Waals surface area contributed by atoms with E-state index in [-0.39, 0.29) is 18.7 Å². The van der Waals surface area contributed by atoms with Gasteiger partial charge in [-0.05, 0) is 25.5 Å². The fourth-order valence-electron chi connectivity index (χ4n) is 4.42. The number of non-ortho nitro benzene ring substituents is 1. The second-order valence-corrected chi connectivity index (χ2v) is 7.53.